The number of esters is 1. The average molecular weight is 374 g/mol. The molecule has 0 saturated heterocycles. The highest BCUT2D eigenvalue weighted by Crippen LogP contribution is 2.23. The number of hydrogen-bond donors (Lipinski definition) is 0. The van der Waals surface area contributed by atoms with Gasteiger partial charge >= 0.3 is 5.97 Å². The predicted octanol–water partition coefficient (Wildman–Crippen LogP) is 2.60. The van der Waals surface area contributed by atoms with Crippen LogP contribution in [0.25, 0.3) is 5.69 Å². The monoisotopic (exact) mass is 374 g/mol. The van der Waals surface area contributed by atoms with Crippen LogP contribution in [0.4, 0.5) is 0 Å². The molecule has 0 unspecified atom stereocenters. The summed E-state index contributed by atoms with van der Waals surface area (Å²) in [5, 5.41) is 11.5. The Morgan fingerprint density at radius 2 is 1.86 bits per heavy atom. The Bertz CT molecular complexity index is 1070. The summed E-state index contributed by atoms with van der Waals surface area (Å²) in [5.41, 5.74) is 0.950. The molecule has 0 bridgehead atoms. The Kier molecular flexibility index (Phi) is 4.96. The van der Waals surface area contributed by atoms with Crippen molar-refractivity contribution in [3.8, 4) is 17.3 Å². The zero-order valence-corrected chi connectivity index (χ0v) is 14.5. The molecular weight excluding hydrogens is 360 g/mol. The number of pyridine rings is 2. The Balaban J connectivity index is 1.49. The molecule has 0 atom stereocenters. The maximum Gasteiger partial charge on any atom is 0.344 e. The number of carbonyl (C=O) groups is 1. The lowest BCUT2D eigenvalue weighted by atomic mass is 10.3. The molecule has 28 heavy (non-hydrogen) atoms. The Morgan fingerprint density at radius 1 is 1.00 bits per heavy atom. The van der Waals surface area contributed by atoms with E-state index in [1.807, 2.05) is 30.3 Å². The fourth-order valence-corrected chi connectivity index (χ4v) is 2.42. The second kappa shape index (κ2) is 8.04. The Morgan fingerprint density at radius 3 is 2.68 bits per heavy atom. The van der Waals surface area contributed by atoms with Gasteiger partial charge < -0.3 is 9.47 Å². The van der Waals surface area contributed by atoms with Crippen LogP contribution in [0.5, 0.6) is 11.6 Å². The molecule has 3 heterocycles. The van der Waals surface area contributed by atoms with Crippen LogP contribution in [0.2, 0.25) is 0 Å². The maximum absolute atomic E-state index is 12.6. The molecular formula is C19H14N6O3. The van der Waals surface area contributed by atoms with Crippen LogP contribution in [-0.4, -0.2) is 36.1 Å². The fourth-order valence-electron chi connectivity index (χ4n) is 2.42. The van der Waals surface area contributed by atoms with Crippen LogP contribution in [0.3, 0.4) is 0 Å². The van der Waals surface area contributed by atoms with Crippen LogP contribution in [0.15, 0.2) is 73.2 Å². The van der Waals surface area contributed by atoms with Gasteiger partial charge in [-0.05, 0) is 46.8 Å². The van der Waals surface area contributed by atoms with Gasteiger partial charge in [0.2, 0.25) is 5.88 Å². The van der Waals surface area contributed by atoms with E-state index >= 15 is 0 Å². The van der Waals surface area contributed by atoms with Gasteiger partial charge in [0.1, 0.15) is 11.3 Å². The van der Waals surface area contributed by atoms with Gasteiger partial charge in [-0.2, -0.15) is 4.68 Å². The second-order valence-electron chi connectivity index (χ2n) is 5.57. The summed E-state index contributed by atoms with van der Waals surface area (Å²) in [5.74, 6) is 0.374. The number of hydrogen-bond acceptors (Lipinski definition) is 8. The van der Waals surface area contributed by atoms with E-state index < -0.39 is 5.97 Å². The highest BCUT2D eigenvalue weighted by molar-refractivity contribution is 5.91. The molecule has 0 saturated carbocycles. The topological polar surface area (TPSA) is 105 Å². The quantitative estimate of drug-likeness (QED) is 0.474. The number of tetrazole rings is 1. The van der Waals surface area contributed by atoms with Crippen molar-refractivity contribution in [3.63, 3.8) is 0 Å². The Hall–Kier alpha value is -4.14. The van der Waals surface area contributed by atoms with Crippen molar-refractivity contribution >= 4 is 5.97 Å². The summed E-state index contributed by atoms with van der Waals surface area (Å²) in [7, 11) is 0. The fraction of sp³-hybridized carbons (Fsp3) is 0.0526. The predicted molar refractivity (Wildman–Crippen MR) is 96.8 cm³/mol. The van der Waals surface area contributed by atoms with Gasteiger partial charge in [-0.15, -0.1) is 5.10 Å². The highest BCUT2D eigenvalue weighted by atomic mass is 16.5. The number of nitrogens with zero attached hydrogens (tertiary/aromatic N) is 6. The average Bonchev–Trinajstić information content (AvgIpc) is 3.22. The first-order valence-corrected chi connectivity index (χ1v) is 8.34. The van der Waals surface area contributed by atoms with Gasteiger partial charge in [-0.3, -0.25) is 4.98 Å². The SMILES string of the molecule is O=C(OCc1nnnn1-c1ccccc1)c1cccnc1Oc1cccnc1. The molecule has 4 rings (SSSR count). The zero-order valence-electron chi connectivity index (χ0n) is 14.5. The zero-order chi connectivity index (χ0) is 19.2. The van der Waals surface area contributed by atoms with Gasteiger partial charge in [0, 0.05) is 12.4 Å². The minimum atomic E-state index is -0.602. The molecule has 1 aromatic carbocycles. The largest absolute Gasteiger partial charge is 0.454 e. The molecule has 0 aliphatic rings. The molecule has 0 aliphatic carbocycles. The number of ether oxygens (including phenoxy) is 2. The van der Waals surface area contributed by atoms with E-state index in [9.17, 15) is 4.79 Å². The normalized spacial score (nSPS) is 10.4. The van der Waals surface area contributed by atoms with Crippen molar-refractivity contribution in [2.75, 3.05) is 0 Å². The van der Waals surface area contributed by atoms with E-state index in [1.165, 1.54) is 17.1 Å². The smallest absolute Gasteiger partial charge is 0.344 e. The first-order chi connectivity index (χ1) is 13.8. The third-order valence-corrected chi connectivity index (χ3v) is 3.71. The van der Waals surface area contributed by atoms with Crippen LogP contribution in [-0.2, 0) is 11.3 Å². The lowest BCUT2D eigenvalue weighted by Gasteiger charge is -2.09. The number of rotatable bonds is 6. The van der Waals surface area contributed by atoms with Crippen molar-refractivity contribution in [3.05, 3.63) is 84.6 Å². The minimum Gasteiger partial charge on any atom is -0.454 e. The van der Waals surface area contributed by atoms with Crippen LogP contribution >= 0.6 is 0 Å². The van der Waals surface area contributed by atoms with Crippen molar-refractivity contribution in [2.45, 2.75) is 6.61 Å². The summed E-state index contributed by atoms with van der Waals surface area (Å²) < 4.78 is 12.5. The molecule has 9 heteroatoms. The first kappa shape index (κ1) is 17.3. The number of benzene rings is 1. The molecule has 3 aromatic heterocycles. The van der Waals surface area contributed by atoms with Gasteiger partial charge in [0.25, 0.3) is 0 Å². The highest BCUT2D eigenvalue weighted by Gasteiger charge is 2.18. The summed E-state index contributed by atoms with van der Waals surface area (Å²) in [6.07, 6.45) is 4.67. The third kappa shape index (κ3) is 3.83. The van der Waals surface area contributed by atoms with Crippen molar-refractivity contribution in [1.82, 2.24) is 30.2 Å². The van der Waals surface area contributed by atoms with Crippen LogP contribution < -0.4 is 4.74 Å². The summed E-state index contributed by atoms with van der Waals surface area (Å²) in [6, 6.07) is 16.0. The van der Waals surface area contributed by atoms with E-state index in [4.69, 9.17) is 9.47 Å². The lowest BCUT2D eigenvalue weighted by molar-refractivity contribution is 0.0456. The maximum atomic E-state index is 12.6. The molecule has 4 aromatic rings. The van der Waals surface area contributed by atoms with Gasteiger partial charge in [-0.25, -0.2) is 9.78 Å². The van der Waals surface area contributed by atoms with E-state index in [-0.39, 0.29) is 18.1 Å². The van der Waals surface area contributed by atoms with E-state index in [1.54, 1.807) is 30.5 Å². The first-order valence-electron chi connectivity index (χ1n) is 8.34. The summed E-state index contributed by atoms with van der Waals surface area (Å²) in [4.78, 5) is 20.6. The molecule has 0 radical (unpaired) electrons. The van der Waals surface area contributed by atoms with Crippen LogP contribution in [0, 0.1) is 0 Å². The molecule has 0 fully saturated rings. The van der Waals surface area contributed by atoms with E-state index in [0.717, 1.165) is 5.69 Å². The van der Waals surface area contributed by atoms with E-state index in [0.29, 0.717) is 11.6 Å². The molecule has 0 aliphatic heterocycles. The molecule has 138 valence electrons. The summed E-state index contributed by atoms with van der Waals surface area (Å²) >= 11 is 0. The molecule has 0 N–H and O–H groups in total. The van der Waals surface area contributed by atoms with Gasteiger partial charge in [-0.1, -0.05) is 18.2 Å². The number of aromatic nitrogens is 6. The van der Waals surface area contributed by atoms with Crippen molar-refractivity contribution < 1.29 is 14.3 Å². The second-order valence-corrected chi connectivity index (χ2v) is 5.57. The molecule has 0 spiro atoms. The van der Waals surface area contributed by atoms with Gasteiger partial charge in [0.05, 0.1) is 11.9 Å². The number of carbonyl (C=O) groups excluding carboxylic acids is 1. The standard InChI is InChI=1S/C19H14N6O3/c26-19(16-9-5-11-21-18(16)28-15-8-4-10-20-12-15)27-13-17-22-23-24-25(17)14-6-2-1-3-7-14/h1-12H,13H2. The molecule has 0 amide bonds. The minimum absolute atomic E-state index is 0.109. The summed E-state index contributed by atoms with van der Waals surface area (Å²) in [6.45, 7) is -0.109. The van der Waals surface area contributed by atoms with Crippen molar-refractivity contribution in [1.29, 1.82) is 0 Å². The number of para-hydroxylation sites is 1. The lowest BCUT2D eigenvalue weighted by Crippen LogP contribution is -2.11. The van der Waals surface area contributed by atoms with E-state index in [2.05, 4.69) is 25.5 Å². The Labute approximate surface area is 159 Å². The van der Waals surface area contributed by atoms with Crippen molar-refractivity contribution in [2.24, 2.45) is 0 Å². The van der Waals surface area contributed by atoms with Gasteiger partial charge in [0.15, 0.2) is 12.4 Å². The third-order valence-electron chi connectivity index (χ3n) is 3.71. The molecule has 9 nitrogen and oxygen atoms in total. The van der Waals surface area contributed by atoms with Crippen LogP contribution in [0.1, 0.15) is 16.2 Å².